The summed E-state index contributed by atoms with van der Waals surface area (Å²) < 4.78 is 120. The molecule has 0 aliphatic rings. The largest absolute Gasteiger partial charge is 0.419 e. The summed E-state index contributed by atoms with van der Waals surface area (Å²) >= 11 is 0. The Balaban J connectivity index is 2.54. The molecule has 0 saturated carbocycles. The van der Waals surface area contributed by atoms with Crippen molar-refractivity contribution in [3.05, 3.63) is 91.4 Å². The average Bonchev–Trinajstić information content (AvgIpc) is 2.93. The van der Waals surface area contributed by atoms with Crippen LogP contribution in [0.5, 0.6) is 0 Å². The van der Waals surface area contributed by atoms with Crippen LogP contribution >= 0.6 is 0 Å². The summed E-state index contributed by atoms with van der Waals surface area (Å²) in [6.45, 7) is 11.2. The highest BCUT2D eigenvalue weighted by molar-refractivity contribution is 5.74. The molecule has 46 heavy (non-hydrogen) atoms. The van der Waals surface area contributed by atoms with E-state index in [4.69, 9.17) is 0 Å². The Labute approximate surface area is 264 Å². The lowest BCUT2D eigenvalue weighted by atomic mass is 9.72. The number of pyridine rings is 1. The van der Waals surface area contributed by atoms with Gasteiger partial charge in [0.15, 0.2) is 0 Å². The first-order valence-corrected chi connectivity index (χ1v) is 15.0. The molecule has 0 aliphatic heterocycles. The highest BCUT2D eigenvalue weighted by Crippen LogP contribution is 2.48. The predicted octanol–water partition coefficient (Wildman–Crippen LogP) is 8.58. The molecule has 2 atom stereocenters. The molecule has 0 unspecified atom stereocenters. The van der Waals surface area contributed by atoms with Crippen molar-refractivity contribution in [2.24, 2.45) is 5.92 Å². The van der Waals surface area contributed by atoms with Crippen LogP contribution in [0.1, 0.15) is 72.7 Å². The number of aromatic nitrogens is 1. The Morgan fingerprint density at radius 1 is 0.870 bits per heavy atom. The van der Waals surface area contributed by atoms with Gasteiger partial charge in [-0.25, -0.2) is 8.78 Å². The number of nitrogens with one attached hydrogen (secondary N) is 1. The van der Waals surface area contributed by atoms with Crippen LogP contribution in [0.25, 0.3) is 11.1 Å². The van der Waals surface area contributed by atoms with E-state index in [2.05, 4.69) is 5.32 Å². The number of hydrogen-bond acceptors (Lipinski definition) is 3. The quantitative estimate of drug-likeness (QED) is 0.222. The number of rotatable bonds is 10. The van der Waals surface area contributed by atoms with Crippen LogP contribution in [0, 0.1) is 38.3 Å². The van der Waals surface area contributed by atoms with Gasteiger partial charge in [0, 0.05) is 29.9 Å². The van der Waals surface area contributed by atoms with E-state index in [-0.39, 0.29) is 30.6 Å². The summed E-state index contributed by atoms with van der Waals surface area (Å²) in [6.07, 6.45) is -9.20. The normalized spacial score (nSPS) is 14.7. The second kappa shape index (κ2) is 13.5. The number of hydrogen-bond donors (Lipinski definition) is 1. The smallest absolute Gasteiger partial charge is 0.310 e. The minimum Gasteiger partial charge on any atom is -0.310 e. The van der Waals surface area contributed by atoms with Gasteiger partial charge in [0.1, 0.15) is 11.6 Å². The monoisotopic (exact) mass is 659 g/mol. The van der Waals surface area contributed by atoms with E-state index in [0.717, 1.165) is 10.8 Å². The molecule has 0 saturated heterocycles. The maximum Gasteiger partial charge on any atom is 0.419 e. The summed E-state index contributed by atoms with van der Waals surface area (Å²) in [5.41, 5.74) is -5.83. The van der Waals surface area contributed by atoms with Crippen molar-refractivity contribution in [2.75, 3.05) is 27.2 Å². The van der Waals surface area contributed by atoms with Gasteiger partial charge >= 0.3 is 12.4 Å². The highest BCUT2D eigenvalue weighted by Gasteiger charge is 2.49. The minimum absolute atomic E-state index is 0.00164. The van der Waals surface area contributed by atoms with Crippen molar-refractivity contribution in [1.82, 2.24) is 14.8 Å². The standard InChI is InChI=1S/C34H41F8N3O/c1-10-43-32(18(2)3,22(7)45-17-23(13-14-44(8)9)25(16-27(45)46)33(37,38)39)29-30(35)24(15-26(31(29)36)34(40,41)42)28-20(5)12-11-19(4)21(28)6/h11-12,15-18,22,43H,10,13-14H2,1-9H3/t22-,32+/m0/s1. The van der Waals surface area contributed by atoms with Gasteiger partial charge in [-0.3, -0.25) is 4.79 Å². The molecule has 1 aromatic heterocycles. The molecule has 0 fully saturated rings. The number of nitrogens with zero attached hydrogens (tertiary/aromatic N) is 2. The van der Waals surface area contributed by atoms with Crippen molar-refractivity contribution >= 4 is 0 Å². The third-order valence-corrected chi connectivity index (χ3v) is 8.89. The zero-order valence-corrected chi connectivity index (χ0v) is 27.5. The number of aryl methyl sites for hydroxylation is 2. The van der Waals surface area contributed by atoms with Crippen molar-refractivity contribution in [3.63, 3.8) is 0 Å². The molecule has 4 nitrogen and oxygen atoms in total. The van der Waals surface area contributed by atoms with Crippen molar-refractivity contribution in [1.29, 1.82) is 0 Å². The highest BCUT2D eigenvalue weighted by atomic mass is 19.4. The third-order valence-electron chi connectivity index (χ3n) is 8.89. The lowest BCUT2D eigenvalue weighted by Crippen LogP contribution is -2.55. The first-order valence-electron chi connectivity index (χ1n) is 15.0. The fourth-order valence-electron chi connectivity index (χ4n) is 6.39. The van der Waals surface area contributed by atoms with Crippen molar-refractivity contribution in [2.45, 2.75) is 78.8 Å². The topological polar surface area (TPSA) is 37.3 Å². The Morgan fingerprint density at radius 2 is 1.43 bits per heavy atom. The molecular weight excluding hydrogens is 618 g/mol. The van der Waals surface area contributed by atoms with E-state index < -0.39 is 69.3 Å². The second-order valence-corrected chi connectivity index (χ2v) is 12.4. The van der Waals surface area contributed by atoms with Crippen LogP contribution in [0.15, 0.2) is 35.3 Å². The molecule has 1 heterocycles. The Hall–Kier alpha value is -3.25. The Morgan fingerprint density at radius 3 is 1.93 bits per heavy atom. The Bertz CT molecular complexity index is 1640. The second-order valence-electron chi connectivity index (χ2n) is 12.4. The lowest BCUT2D eigenvalue weighted by molar-refractivity contribution is -0.140. The van der Waals surface area contributed by atoms with Crippen molar-refractivity contribution < 1.29 is 35.1 Å². The van der Waals surface area contributed by atoms with Gasteiger partial charge in [0.2, 0.25) is 0 Å². The van der Waals surface area contributed by atoms with Gasteiger partial charge in [-0.1, -0.05) is 32.9 Å². The molecule has 3 rings (SSSR count). The van der Waals surface area contributed by atoms with Crippen molar-refractivity contribution in [3.8, 4) is 11.1 Å². The number of halogens is 8. The summed E-state index contributed by atoms with van der Waals surface area (Å²) in [5.74, 6) is -3.98. The molecule has 12 heteroatoms. The van der Waals surface area contributed by atoms with Gasteiger partial charge in [0.25, 0.3) is 5.56 Å². The molecule has 0 aliphatic carbocycles. The van der Waals surface area contributed by atoms with Crippen LogP contribution in [0.4, 0.5) is 35.1 Å². The molecule has 1 N–H and O–H groups in total. The fraction of sp³-hybridized carbons (Fsp3) is 0.500. The Kier molecular flexibility index (Phi) is 10.9. The third kappa shape index (κ3) is 6.88. The van der Waals surface area contributed by atoms with Gasteiger partial charge < -0.3 is 14.8 Å². The average molecular weight is 660 g/mol. The summed E-state index contributed by atoms with van der Waals surface area (Å²) in [4.78, 5) is 15.0. The first-order chi connectivity index (χ1) is 21.1. The SMILES string of the molecule is CCN[C@](c1c(F)c(-c2c(C)ccc(C)c2C)cc(C(F)(F)F)c1F)(C(C)C)[C@H](C)n1cc(CCN(C)C)c(C(F)(F)F)cc1=O. The van der Waals surface area contributed by atoms with E-state index in [1.807, 2.05) is 0 Å². The van der Waals surface area contributed by atoms with Crippen LogP contribution in [-0.4, -0.2) is 36.7 Å². The van der Waals surface area contributed by atoms with E-state index in [9.17, 15) is 31.1 Å². The summed E-state index contributed by atoms with van der Waals surface area (Å²) in [5, 5.41) is 2.99. The molecule has 0 amide bonds. The van der Waals surface area contributed by atoms with Crippen LogP contribution in [0.3, 0.4) is 0 Å². The zero-order chi connectivity index (χ0) is 35.1. The summed E-state index contributed by atoms with van der Waals surface area (Å²) in [6, 6.07) is 2.91. The van der Waals surface area contributed by atoms with Gasteiger partial charge in [-0.2, -0.15) is 26.3 Å². The van der Waals surface area contributed by atoms with E-state index >= 15 is 8.78 Å². The fourth-order valence-corrected chi connectivity index (χ4v) is 6.39. The van der Waals surface area contributed by atoms with Gasteiger partial charge in [-0.05, 0) is 94.6 Å². The number of alkyl halides is 6. The van der Waals surface area contributed by atoms with Crippen LogP contribution < -0.4 is 10.9 Å². The molecule has 254 valence electrons. The molecule has 3 aromatic rings. The minimum atomic E-state index is -5.23. The molecule has 0 spiro atoms. The van der Waals surface area contributed by atoms with Gasteiger partial charge in [-0.15, -0.1) is 0 Å². The maximum atomic E-state index is 17.1. The van der Waals surface area contributed by atoms with E-state index in [1.165, 1.54) is 20.8 Å². The predicted molar refractivity (Wildman–Crippen MR) is 164 cm³/mol. The van der Waals surface area contributed by atoms with Crippen LogP contribution in [-0.2, 0) is 24.3 Å². The molecule has 0 bridgehead atoms. The zero-order valence-electron chi connectivity index (χ0n) is 27.5. The first kappa shape index (κ1) is 37.2. The number of benzene rings is 2. The lowest BCUT2D eigenvalue weighted by Gasteiger charge is -2.45. The maximum absolute atomic E-state index is 17.1. The van der Waals surface area contributed by atoms with Crippen LogP contribution in [0.2, 0.25) is 0 Å². The van der Waals surface area contributed by atoms with E-state index in [0.29, 0.717) is 28.8 Å². The molecular formula is C34H41F8N3O. The van der Waals surface area contributed by atoms with E-state index in [1.54, 1.807) is 58.8 Å². The number of likely N-dealkylation sites (N-methyl/N-ethyl adjacent to an activating group) is 2. The van der Waals surface area contributed by atoms with Gasteiger partial charge in [0.05, 0.1) is 22.7 Å². The molecule has 2 aromatic carbocycles. The molecule has 0 radical (unpaired) electrons. The summed E-state index contributed by atoms with van der Waals surface area (Å²) in [7, 11) is 3.32.